The van der Waals surface area contributed by atoms with Crippen molar-refractivity contribution in [3.05, 3.63) is 12.1 Å². The van der Waals surface area contributed by atoms with E-state index in [4.69, 9.17) is 10.5 Å². The zero-order valence-corrected chi connectivity index (χ0v) is 10.6. The molecule has 4 nitrogen and oxygen atoms in total. The zero-order chi connectivity index (χ0) is 12.3. The Morgan fingerprint density at radius 3 is 2.71 bits per heavy atom. The fourth-order valence-electron chi connectivity index (χ4n) is 2.58. The summed E-state index contributed by atoms with van der Waals surface area (Å²) in [6.45, 7) is 3.09. The van der Waals surface area contributed by atoms with E-state index in [1.54, 1.807) is 13.2 Å². The van der Waals surface area contributed by atoms with Crippen LogP contribution in [0.15, 0.2) is 12.1 Å². The van der Waals surface area contributed by atoms with Crippen molar-refractivity contribution >= 4 is 11.5 Å². The van der Waals surface area contributed by atoms with Gasteiger partial charge in [-0.2, -0.15) is 4.98 Å². The summed E-state index contributed by atoms with van der Waals surface area (Å²) in [6.07, 6.45) is 5.11. The normalized spacial score (nSPS) is 16.1. The Balaban J connectivity index is 2.28. The minimum Gasteiger partial charge on any atom is -0.481 e. The number of nitrogens with zero attached hydrogens (tertiary/aromatic N) is 2. The lowest BCUT2D eigenvalue weighted by Crippen LogP contribution is -2.34. The number of pyridine rings is 1. The summed E-state index contributed by atoms with van der Waals surface area (Å²) < 4.78 is 5.17. The van der Waals surface area contributed by atoms with Gasteiger partial charge in [0.05, 0.1) is 12.8 Å². The fraction of sp³-hybridized carbons (Fsp3) is 0.615. The van der Waals surface area contributed by atoms with Crippen molar-refractivity contribution in [2.75, 3.05) is 24.3 Å². The summed E-state index contributed by atoms with van der Waals surface area (Å²) in [7, 11) is 1.63. The van der Waals surface area contributed by atoms with Gasteiger partial charge < -0.3 is 15.4 Å². The molecule has 17 heavy (non-hydrogen) atoms. The molecular weight excluding hydrogens is 214 g/mol. The first-order valence-electron chi connectivity index (χ1n) is 6.33. The highest BCUT2D eigenvalue weighted by Gasteiger charge is 2.24. The quantitative estimate of drug-likeness (QED) is 0.871. The first-order chi connectivity index (χ1) is 8.26. The molecule has 1 aliphatic rings. The lowest BCUT2D eigenvalue weighted by molar-refractivity contribution is 0.397. The second kappa shape index (κ2) is 5.25. The molecule has 94 valence electrons. The zero-order valence-electron chi connectivity index (χ0n) is 10.6. The Labute approximate surface area is 103 Å². The minimum atomic E-state index is 0.585. The van der Waals surface area contributed by atoms with E-state index in [9.17, 15) is 0 Å². The van der Waals surface area contributed by atoms with E-state index in [2.05, 4.69) is 16.8 Å². The Kier molecular flexibility index (Phi) is 3.71. The Morgan fingerprint density at radius 2 is 2.12 bits per heavy atom. The number of aromatic nitrogens is 1. The molecule has 0 amide bonds. The van der Waals surface area contributed by atoms with E-state index in [0.717, 1.165) is 18.1 Å². The molecule has 2 rings (SSSR count). The third kappa shape index (κ3) is 2.46. The first-order valence-corrected chi connectivity index (χ1v) is 6.33. The second-order valence-electron chi connectivity index (χ2n) is 4.49. The topological polar surface area (TPSA) is 51.4 Å². The fourth-order valence-corrected chi connectivity index (χ4v) is 2.58. The lowest BCUT2D eigenvalue weighted by Gasteiger charge is -2.29. The van der Waals surface area contributed by atoms with Gasteiger partial charge in [0.25, 0.3) is 0 Å². The maximum atomic E-state index is 6.03. The van der Waals surface area contributed by atoms with Crippen molar-refractivity contribution in [3.8, 4) is 5.88 Å². The van der Waals surface area contributed by atoms with Crippen molar-refractivity contribution in [1.29, 1.82) is 0 Å². The van der Waals surface area contributed by atoms with Crippen LogP contribution in [0, 0.1) is 0 Å². The van der Waals surface area contributed by atoms with E-state index < -0.39 is 0 Å². The van der Waals surface area contributed by atoms with E-state index in [-0.39, 0.29) is 0 Å². The van der Waals surface area contributed by atoms with Gasteiger partial charge in [0.15, 0.2) is 5.82 Å². The molecule has 0 aromatic carbocycles. The van der Waals surface area contributed by atoms with E-state index in [1.807, 2.05) is 6.07 Å². The van der Waals surface area contributed by atoms with Gasteiger partial charge in [-0.3, -0.25) is 0 Å². The molecule has 0 unspecified atom stereocenters. The van der Waals surface area contributed by atoms with Gasteiger partial charge in [-0.25, -0.2) is 0 Å². The molecule has 1 fully saturated rings. The molecule has 2 N–H and O–H groups in total. The van der Waals surface area contributed by atoms with Gasteiger partial charge >= 0.3 is 0 Å². The van der Waals surface area contributed by atoms with Crippen molar-refractivity contribution in [1.82, 2.24) is 4.98 Å². The SMILES string of the molecule is CCN(c1nc(OC)ccc1N)C1CCCC1. The monoisotopic (exact) mass is 235 g/mol. The van der Waals surface area contributed by atoms with Crippen LogP contribution in [0.5, 0.6) is 5.88 Å². The maximum absolute atomic E-state index is 6.03. The number of methoxy groups -OCH3 is 1. The first kappa shape index (κ1) is 12.0. The smallest absolute Gasteiger partial charge is 0.215 e. The number of hydrogen-bond donors (Lipinski definition) is 1. The predicted molar refractivity (Wildman–Crippen MR) is 70.5 cm³/mol. The van der Waals surface area contributed by atoms with Gasteiger partial charge in [-0.05, 0) is 25.8 Å². The Bertz CT molecular complexity index is 375. The molecule has 1 aliphatic carbocycles. The largest absolute Gasteiger partial charge is 0.481 e. The van der Waals surface area contributed by atoms with Crippen molar-refractivity contribution in [3.63, 3.8) is 0 Å². The maximum Gasteiger partial charge on any atom is 0.215 e. The molecule has 1 aromatic heterocycles. The molecule has 0 bridgehead atoms. The van der Waals surface area contributed by atoms with Gasteiger partial charge in [-0.15, -0.1) is 0 Å². The van der Waals surface area contributed by atoms with Crippen LogP contribution in [0.1, 0.15) is 32.6 Å². The van der Waals surface area contributed by atoms with E-state index in [0.29, 0.717) is 11.9 Å². The molecular formula is C13H21N3O. The summed E-state index contributed by atoms with van der Waals surface area (Å²) in [4.78, 5) is 6.80. The summed E-state index contributed by atoms with van der Waals surface area (Å²) in [5.74, 6) is 1.50. The number of anilines is 2. The van der Waals surface area contributed by atoms with Crippen molar-refractivity contribution < 1.29 is 4.74 Å². The van der Waals surface area contributed by atoms with Gasteiger partial charge in [0.1, 0.15) is 0 Å². The highest BCUT2D eigenvalue weighted by Crippen LogP contribution is 2.31. The highest BCUT2D eigenvalue weighted by molar-refractivity contribution is 5.64. The van der Waals surface area contributed by atoms with Gasteiger partial charge in [-0.1, -0.05) is 12.8 Å². The van der Waals surface area contributed by atoms with Gasteiger partial charge in [0, 0.05) is 18.7 Å². The average Bonchev–Trinajstić information content (AvgIpc) is 2.86. The number of hydrogen-bond acceptors (Lipinski definition) is 4. The molecule has 0 saturated heterocycles. The third-order valence-corrected chi connectivity index (χ3v) is 3.47. The molecule has 0 atom stereocenters. The Morgan fingerprint density at radius 1 is 1.41 bits per heavy atom. The number of ether oxygens (including phenoxy) is 1. The number of nitrogen functional groups attached to an aromatic ring is 1. The lowest BCUT2D eigenvalue weighted by atomic mass is 10.2. The van der Waals surface area contributed by atoms with Crippen LogP contribution in [0.2, 0.25) is 0 Å². The summed E-state index contributed by atoms with van der Waals surface area (Å²) >= 11 is 0. The molecule has 0 aliphatic heterocycles. The van der Waals surface area contributed by atoms with Crippen LogP contribution in [0.3, 0.4) is 0 Å². The minimum absolute atomic E-state index is 0.585. The van der Waals surface area contributed by atoms with Crippen molar-refractivity contribution in [2.24, 2.45) is 0 Å². The van der Waals surface area contributed by atoms with E-state index >= 15 is 0 Å². The molecule has 4 heteroatoms. The van der Waals surface area contributed by atoms with Crippen LogP contribution in [-0.4, -0.2) is 24.7 Å². The van der Waals surface area contributed by atoms with Crippen molar-refractivity contribution in [2.45, 2.75) is 38.6 Å². The predicted octanol–water partition coefficient (Wildman–Crippen LogP) is 2.44. The number of nitrogens with two attached hydrogens (primary N) is 1. The van der Waals surface area contributed by atoms with Gasteiger partial charge in [0.2, 0.25) is 5.88 Å². The molecule has 0 spiro atoms. The molecule has 1 heterocycles. The molecule has 0 radical (unpaired) electrons. The summed E-state index contributed by atoms with van der Waals surface area (Å²) in [5, 5.41) is 0. The van der Waals surface area contributed by atoms with Crippen LogP contribution in [-0.2, 0) is 0 Å². The van der Waals surface area contributed by atoms with E-state index in [1.165, 1.54) is 25.7 Å². The van der Waals surface area contributed by atoms with Crippen LogP contribution in [0.25, 0.3) is 0 Å². The third-order valence-electron chi connectivity index (χ3n) is 3.47. The molecule has 1 saturated carbocycles. The highest BCUT2D eigenvalue weighted by atomic mass is 16.5. The van der Waals surface area contributed by atoms with Crippen LogP contribution < -0.4 is 15.4 Å². The Hall–Kier alpha value is -1.45. The summed E-state index contributed by atoms with van der Waals surface area (Å²) in [6, 6.07) is 4.27. The number of rotatable bonds is 4. The standard InChI is InChI=1S/C13H21N3O/c1-3-16(10-6-4-5-7-10)13-11(14)8-9-12(15-13)17-2/h8-10H,3-7,14H2,1-2H3. The van der Waals surface area contributed by atoms with Crippen LogP contribution in [0.4, 0.5) is 11.5 Å². The second-order valence-corrected chi connectivity index (χ2v) is 4.49. The average molecular weight is 235 g/mol. The summed E-state index contributed by atoms with van der Waals surface area (Å²) in [5.41, 5.74) is 6.76. The molecule has 1 aromatic rings. The van der Waals surface area contributed by atoms with Crippen LogP contribution >= 0.6 is 0 Å².